The van der Waals surface area contributed by atoms with Crippen LogP contribution in [0, 0.1) is 10.1 Å². The second-order valence-corrected chi connectivity index (χ2v) is 4.42. The van der Waals surface area contributed by atoms with Crippen molar-refractivity contribution in [2.45, 2.75) is 26.3 Å². The minimum absolute atomic E-state index is 0.00169. The van der Waals surface area contributed by atoms with Gasteiger partial charge >= 0.3 is 5.69 Å². The lowest BCUT2D eigenvalue weighted by atomic mass is 10.2. The first kappa shape index (κ1) is 15.6. The second kappa shape index (κ2) is 7.22. The van der Waals surface area contributed by atoms with Crippen molar-refractivity contribution < 1.29 is 19.2 Å². The van der Waals surface area contributed by atoms with Crippen molar-refractivity contribution in [1.29, 1.82) is 0 Å². The van der Waals surface area contributed by atoms with Gasteiger partial charge in [0.15, 0.2) is 5.75 Å². The first-order chi connectivity index (χ1) is 9.43. The standard InChI is InChI=1S/C13H16N2O5/c1-9(2)14-13(17)5-6-20-12-7-10(8-16)3-4-11(12)15(18)19/h3-4,7-9H,5-6H2,1-2H3,(H,14,17). The fourth-order valence-electron chi connectivity index (χ4n) is 1.52. The van der Waals surface area contributed by atoms with E-state index in [-0.39, 0.29) is 42.0 Å². The maximum Gasteiger partial charge on any atom is 0.310 e. The lowest BCUT2D eigenvalue weighted by Gasteiger charge is -2.09. The minimum Gasteiger partial charge on any atom is -0.486 e. The molecule has 0 aliphatic heterocycles. The molecule has 0 aromatic heterocycles. The fourth-order valence-corrected chi connectivity index (χ4v) is 1.52. The van der Waals surface area contributed by atoms with E-state index in [1.54, 1.807) is 0 Å². The van der Waals surface area contributed by atoms with E-state index in [2.05, 4.69) is 5.32 Å². The summed E-state index contributed by atoms with van der Waals surface area (Å²) in [6, 6.07) is 3.84. The van der Waals surface area contributed by atoms with Gasteiger partial charge in [-0.3, -0.25) is 19.7 Å². The van der Waals surface area contributed by atoms with Crippen LogP contribution in [0.4, 0.5) is 5.69 Å². The average molecular weight is 280 g/mol. The predicted octanol–water partition coefficient (Wildman–Crippen LogP) is 1.70. The quantitative estimate of drug-likeness (QED) is 0.465. The molecule has 0 atom stereocenters. The molecule has 20 heavy (non-hydrogen) atoms. The lowest BCUT2D eigenvalue weighted by Crippen LogP contribution is -2.31. The van der Waals surface area contributed by atoms with Gasteiger partial charge in [-0.15, -0.1) is 0 Å². The van der Waals surface area contributed by atoms with Crippen LogP contribution in [0.1, 0.15) is 30.6 Å². The molecule has 1 amide bonds. The van der Waals surface area contributed by atoms with Crippen LogP contribution >= 0.6 is 0 Å². The summed E-state index contributed by atoms with van der Waals surface area (Å²) in [6.07, 6.45) is 0.655. The zero-order valence-electron chi connectivity index (χ0n) is 11.3. The third kappa shape index (κ3) is 4.68. The van der Waals surface area contributed by atoms with Crippen LogP contribution < -0.4 is 10.1 Å². The molecule has 0 saturated carbocycles. The van der Waals surface area contributed by atoms with Gasteiger partial charge in [-0.2, -0.15) is 0 Å². The number of hydrogen-bond acceptors (Lipinski definition) is 5. The van der Waals surface area contributed by atoms with E-state index in [0.29, 0.717) is 6.29 Å². The zero-order chi connectivity index (χ0) is 15.1. The van der Waals surface area contributed by atoms with Crippen LogP contribution in [0.15, 0.2) is 18.2 Å². The summed E-state index contributed by atoms with van der Waals surface area (Å²) in [5.41, 5.74) is 0.0390. The Bertz CT molecular complexity index is 513. The highest BCUT2D eigenvalue weighted by molar-refractivity contribution is 5.77. The van der Waals surface area contributed by atoms with E-state index in [4.69, 9.17) is 4.74 Å². The largest absolute Gasteiger partial charge is 0.486 e. The van der Waals surface area contributed by atoms with Gasteiger partial charge in [0.05, 0.1) is 18.0 Å². The summed E-state index contributed by atoms with van der Waals surface area (Å²) in [5, 5.41) is 13.5. The smallest absolute Gasteiger partial charge is 0.310 e. The van der Waals surface area contributed by atoms with Crippen molar-refractivity contribution in [3.8, 4) is 5.75 Å². The molecule has 0 heterocycles. The van der Waals surface area contributed by atoms with Crippen molar-refractivity contribution in [2.24, 2.45) is 0 Å². The van der Waals surface area contributed by atoms with E-state index < -0.39 is 4.92 Å². The van der Waals surface area contributed by atoms with Crippen molar-refractivity contribution in [1.82, 2.24) is 5.32 Å². The topological polar surface area (TPSA) is 98.5 Å². The highest BCUT2D eigenvalue weighted by atomic mass is 16.6. The number of aldehydes is 1. The van der Waals surface area contributed by atoms with E-state index in [1.165, 1.54) is 18.2 Å². The molecular formula is C13H16N2O5. The van der Waals surface area contributed by atoms with E-state index in [1.807, 2.05) is 13.8 Å². The van der Waals surface area contributed by atoms with Gasteiger partial charge in [-0.05, 0) is 26.0 Å². The number of nitro groups is 1. The van der Waals surface area contributed by atoms with Crippen molar-refractivity contribution in [3.63, 3.8) is 0 Å². The number of amides is 1. The van der Waals surface area contributed by atoms with Gasteiger partial charge in [0.2, 0.25) is 5.91 Å². The van der Waals surface area contributed by atoms with Crippen molar-refractivity contribution >= 4 is 17.9 Å². The molecule has 0 bridgehead atoms. The molecule has 0 unspecified atom stereocenters. The number of rotatable bonds is 7. The average Bonchev–Trinajstić information content (AvgIpc) is 2.37. The Morgan fingerprint density at radius 2 is 2.20 bits per heavy atom. The summed E-state index contributed by atoms with van der Waals surface area (Å²) in [7, 11) is 0. The van der Waals surface area contributed by atoms with Gasteiger partial charge in [0.25, 0.3) is 0 Å². The Morgan fingerprint density at radius 3 is 2.75 bits per heavy atom. The summed E-state index contributed by atoms with van der Waals surface area (Å²) < 4.78 is 5.23. The molecule has 0 radical (unpaired) electrons. The number of ether oxygens (including phenoxy) is 1. The van der Waals surface area contributed by atoms with Gasteiger partial charge < -0.3 is 10.1 Å². The molecule has 0 aliphatic carbocycles. The Hall–Kier alpha value is -2.44. The van der Waals surface area contributed by atoms with E-state index in [0.717, 1.165) is 0 Å². The van der Waals surface area contributed by atoms with Crippen molar-refractivity contribution in [2.75, 3.05) is 6.61 Å². The maximum absolute atomic E-state index is 11.4. The van der Waals surface area contributed by atoms with E-state index in [9.17, 15) is 19.7 Å². The fraction of sp³-hybridized carbons (Fsp3) is 0.385. The van der Waals surface area contributed by atoms with Gasteiger partial charge in [0, 0.05) is 17.7 Å². The molecule has 0 saturated heterocycles. The number of benzene rings is 1. The lowest BCUT2D eigenvalue weighted by molar-refractivity contribution is -0.385. The third-order valence-electron chi connectivity index (χ3n) is 2.35. The predicted molar refractivity (Wildman–Crippen MR) is 71.9 cm³/mol. The molecule has 1 aromatic rings. The molecule has 108 valence electrons. The Balaban J connectivity index is 2.68. The van der Waals surface area contributed by atoms with Crippen LogP contribution in [0.25, 0.3) is 0 Å². The second-order valence-electron chi connectivity index (χ2n) is 4.42. The molecule has 0 aliphatic rings. The van der Waals surface area contributed by atoms with Crippen LogP contribution in [0.2, 0.25) is 0 Å². The first-order valence-corrected chi connectivity index (χ1v) is 6.10. The number of nitro benzene ring substituents is 1. The molecule has 1 N–H and O–H groups in total. The van der Waals surface area contributed by atoms with Gasteiger partial charge in [-0.25, -0.2) is 0 Å². The number of nitrogens with one attached hydrogen (secondary N) is 1. The molecule has 1 aromatic carbocycles. The number of carbonyl (C=O) groups is 2. The number of hydrogen-bond donors (Lipinski definition) is 1. The molecule has 0 spiro atoms. The zero-order valence-corrected chi connectivity index (χ0v) is 11.3. The van der Waals surface area contributed by atoms with Gasteiger partial charge in [0.1, 0.15) is 6.29 Å². The highest BCUT2D eigenvalue weighted by Crippen LogP contribution is 2.27. The first-order valence-electron chi connectivity index (χ1n) is 6.10. The normalized spacial score (nSPS) is 10.2. The summed E-state index contributed by atoms with van der Waals surface area (Å²) in [6.45, 7) is 3.66. The Morgan fingerprint density at radius 1 is 1.50 bits per heavy atom. The molecular weight excluding hydrogens is 264 g/mol. The van der Waals surface area contributed by atoms with Crippen molar-refractivity contribution in [3.05, 3.63) is 33.9 Å². The van der Waals surface area contributed by atoms with Crippen LogP contribution in [-0.2, 0) is 4.79 Å². The minimum atomic E-state index is -0.599. The van der Waals surface area contributed by atoms with Crippen LogP contribution in [-0.4, -0.2) is 29.8 Å². The van der Waals surface area contributed by atoms with Crippen LogP contribution in [0.5, 0.6) is 5.75 Å². The molecule has 1 rings (SSSR count). The van der Waals surface area contributed by atoms with Gasteiger partial charge in [-0.1, -0.05) is 0 Å². The highest BCUT2D eigenvalue weighted by Gasteiger charge is 2.16. The van der Waals surface area contributed by atoms with Crippen LogP contribution in [0.3, 0.4) is 0 Å². The molecule has 0 fully saturated rings. The third-order valence-corrected chi connectivity index (χ3v) is 2.35. The summed E-state index contributed by atoms with van der Waals surface area (Å²) in [4.78, 5) is 32.3. The summed E-state index contributed by atoms with van der Waals surface area (Å²) >= 11 is 0. The monoisotopic (exact) mass is 280 g/mol. The SMILES string of the molecule is CC(C)NC(=O)CCOc1cc(C=O)ccc1[N+](=O)[O-]. The molecule has 7 heteroatoms. The summed E-state index contributed by atoms with van der Waals surface area (Å²) in [5.74, 6) is -0.217. The number of nitrogens with zero attached hydrogens (tertiary/aromatic N) is 1. The van der Waals surface area contributed by atoms with E-state index >= 15 is 0 Å². The maximum atomic E-state index is 11.4. The number of carbonyl (C=O) groups excluding carboxylic acids is 2. The molecule has 7 nitrogen and oxygen atoms in total. The Labute approximate surface area is 116 Å². The Kier molecular flexibility index (Phi) is 5.64.